The molecule has 0 unspecified atom stereocenters. The van der Waals surface area contributed by atoms with Crippen LogP contribution in [-0.2, 0) is 0 Å². The number of anilines is 1. The van der Waals surface area contributed by atoms with Gasteiger partial charge in [-0.25, -0.2) is 15.4 Å². The Bertz CT molecular complexity index is 1150. The van der Waals surface area contributed by atoms with Crippen LogP contribution in [0.5, 0.6) is 0 Å². The number of hydrogen-bond donors (Lipinski definition) is 1. The summed E-state index contributed by atoms with van der Waals surface area (Å²) in [4.78, 5) is 9.25. The van der Waals surface area contributed by atoms with Gasteiger partial charge in [0.1, 0.15) is 0 Å². The molecule has 0 saturated carbocycles. The molecule has 1 aromatic heterocycles. The van der Waals surface area contributed by atoms with Crippen LogP contribution in [0.3, 0.4) is 0 Å². The normalized spacial score (nSPS) is 11.0. The molecule has 0 aliphatic heterocycles. The van der Waals surface area contributed by atoms with E-state index >= 15 is 0 Å². The van der Waals surface area contributed by atoms with Crippen LogP contribution >= 0.6 is 27.5 Å². The molecule has 4 aromatic rings. The van der Waals surface area contributed by atoms with Crippen molar-refractivity contribution in [1.82, 2.24) is 9.97 Å². The number of hydrogen-bond acceptors (Lipinski definition) is 4. The van der Waals surface area contributed by atoms with Crippen molar-refractivity contribution in [3.63, 3.8) is 0 Å². The van der Waals surface area contributed by atoms with E-state index in [1.807, 2.05) is 84.9 Å². The SMILES string of the molecule is Clc1ccccc1/C=N\Nc1nc(-c2ccccc2)cc(-c2ccc(Br)cc2)n1. The molecule has 1 N–H and O–H groups in total. The van der Waals surface area contributed by atoms with E-state index in [9.17, 15) is 0 Å². The lowest BCUT2D eigenvalue weighted by Gasteiger charge is -2.08. The van der Waals surface area contributed by atoms with Gasteiger partial charge in [0.05, 0.1) is 17.6 Å². The van der Waals surface area contributed by atoms with E-state index in [4.69, 9.17) is 11.6 Å². The van der Waals surface area contributed by atoms with E-state index in [-0.39, 0.29) is 0 Å². The highest BCUT2D eigenvalue weighted by molar-refractivity contribution is 9.10. The lowest BCUT2D eigenvalue weighted by Crippen LogP contribution is -2.00. The molecule has 0 spiro atoms. The molecule has 4 rings (SSSR count). The zero-order valence-electron chi connectivity index (χ0n) is 15.3. The number of nitrogens with zero attached hydrogens (tertiary/aromatic N) is 3. The molecule has 0 aliphatic rings. The van der Waals surface area contributed by atoms with Gasteiger partial charge < -0.3 is 0 Å². The number of halogens is 2. The second-order valence-electron chi connectivity index (χ2n) is 6.23. The Morgan fingerprint density at radius 1 is 0.793 bits per heavy atom. The first-order valence-electron chi connectivity index (χ1n) is 8.93. The first-order valence-corrected chi connectivity index (χ1v) is 10.1. The van der Waals surface area contributed by atoms with Crippen molar-refractivity contribution in [2.24, 2.45) is 5.10 Å². The monoisotopic (exact) mass is 462 g/mol. The first kappa shape index (κ1) is 19.3. The fourth-order valence-electron chi connectivity index (χ4n) is 2.76. The lowest BCUT2D eigenvalue weighted by molar-refractivity contribution is 1.13. The molecule has 6 heteroatoms. The van der Waals surface area contributed by atoms with E-state index in [0.29, 0.717) is 11.0 Å². The largest absolute Gasteiger partial charge is 0.245 e. The highest BCUT2D eigenvalue weighted by Crippen LogP contribution is 2.26. The summed E-state index contributed by atoms with van der Waals surface area (Å²) in [6.45, 7) is 0. The summed E-state index contributed by atoms with van der Waals surface area (Å²) in [5, 5.41) is 4.90. The quantitative estimate of drug-likeness (QED) is 0.265. The lowest BCUT2D eigenvalue weighted by atomic mass is 10.1. The molecule has 0 fully saturated rings. The van der Waals surface area contributed by atoms with Crippen molar-refractivity contribution < 1.29 is 0 Å². The van der Waals surface area contributed by atoms with E-state index in [0.717, 1.165) is 32.6 Å². The predicted molar refractivity (Wildman–Crippen MR) is 123 cm³/mol. The molecular formula is C23H16BrClN4. The summed E-state index contributed by atoms with van der Waals surface area (Å²) in [7, 11) is 0. The van der Waals surface area contributed by atoms with Crippen LogP contribution in [-0.4, -0.2) is 16.2 Å². The van der Waals surface area contributed by atoms with Gasteiger partial charge in [-0.1, -0.05) is 88.2 Å². The van der Waals surface area contributed by atoms with Crippen molar-refractivity contribution in [2.75, 3.05) is 5.43 Å². The molecule has 29 heavy (non-hydrogen) atoms. The highest BCUT2D eigenvalue weighted by Gasteiger charge is 2.08. The standard InChI is InChI=1S/C23H16BrClN4/c24-19-12-10-17(11-13-19)22-14-21(16-6-2-1-3-7-16)27-23(28-22)29-26-15-18-8-4-5-9-20(18)25/h1-15H,(H,27,28,29)/b26-15-. The average molecular weight is 464 g/mol. The molecular weight excluding hydrogens is 448 g/mol. The minimum absolute atomic E-state index is 0.410. The van der Waals surface area contributed by atoms with E-state index in [2.05, 4.69) is 36.4 Å². The zero-order chi connectivity index (χ0) is 20.1. The van der Waals surface area contributed by atoms with Crippen molar-refractivity contribution in [3.05, 3.63) is 100.0 Å². The molecule has 0 atom stereocenters. The van der Waals surface area contributed by atoms with Crippen LogP contribution in [0.15, 0.2) is 94.5 Å². The second kappa shape index (κ2) is 8.99. The summed E-state index contributed by atoms with van der Waals surface area (Å²) >= 11 is 9.65. The van der Waals surface area contributed by atoms with Crippen LogP contribution in [0.25, 0.3) is 22.5 Å². The summed E-state index contributed by atoms with van der Waals surface area (Å²) in [6.07, 6.45) is 1.65. The Kier molecular flexibility index (Phi) is 5.98. The number of rotatable bonds is 5. The minimum atomic E-state index is 0.410. The van der Waals surface area contributed by atoms with Gasteiger partial charge in [0.15, 0.2) is 0 Å². The number of benzene rings is 3. The molecule has 0 amide bonds. The third kappa shape index (κ3) is 4.88. The first-order chi connectivity index (χ1) is 14.2. The molecule has 0 aliphatic carbocycles. The van der Waals surface area contributed by atoms with E-state index < -0.39 is 0 Å². The summed E-state index contributed by atoms with van der Waals surface area (Å²) in [5.41, 5.74) is 7.36. The Hall–Kier alpha value is -3.02. The van der Waals surface area contributed by atoms with Crippen LogP contribution in [0.4, 0.5) is 5.95 Å². The molecule has 3 aromatic carbocycles. The number of aromatic nitrogens is 2. The summed E-state index contributed by atoms with van der Waals surface area (Å²) in [5.74, 6) is 0.410. The maximum atomic E-state index is 6.18. The van der Waals surface area contributed by atoms with Gasteiger partial charge in [0.25, 0.3) is 0 Å². The van der Waals surface area contributed by atoms with E-state index in [1.165, 1.54) is 0 Å². The number of hydrazone groups is 1. The van der Waals surface area contributed by atoms with Gasteiger partial charge in [-0.3, -0.25) is 0 Å². The molecule has 0 saturated heterocycles. The average Bonchev–Trinajstić information content (AvgIpc) is 2.76. The molecule has 0 bridgehead atoms. The topological polar surface area (TPSA) is 50.2 Å². The number of nitrogens with one attached hydrogen (secondary N) is 1. The Labute approximate surface area is 182 Å². The van der Waals surface area contributed by atoms with Gasteiger partial charge >= 0.3 is 0 Å². The zero-order valence-corrected chi connectivity index (χ0v) is 17.6. The fourth-order valence-corrected chi connectivity index (χ4v) is 3.21. The maximum Gasteiger partial charge on any atom is 0.244 e. The fraction of sp³-hybridized carbons (Fsp3) is 0. The Morgan fingerprint density at radius 3 is 2.10 bits per heavy atom. The third-order valence-corrected chi connectivity index (χ3v) is 5.08. The van der Waals surface area contributed by atoms with Crippen molar-refractivity contribution in [1.29, 1.82) is 0 Å². The van der Waals surface area contributed by atoms with Gasteiger partial charge in [0.2, 0.25) is 5.95 Å². The van der Waals surface area contributed by atoms with Crippen LogP contribution in [0, 0.1) is 0 Å². The summed E-state index contributed by atoms with van der Waals surface area (Å²) in [6, 6.07) is 27.5. The minimum Gasteiger partial charge on any atom is -0.245 e. The molecule has 0 radical (unpaired) electrons. The van der Waals surface area contributed by atoms with Gasteiger partial charge in [-0.15, -0.1) is 0 Å². The van der Waals surface area contributed by atoms with Gasteiger partial charge in [-0.05, 0) is 24.3 Å². The Morgan fingerprint density at radius 2 is 1.41 bits per heavy atom. The van der Waals surface area contributed by atoms with E-state index in [1.54, 1.807) is 6.21 Å². The van der Waals surface area contributed by atoms with Crippen LogP contribution in [0.1, 0.15) is 5.56 Å². The van der Waals surface area contributed by atoms with Crippen molar-refractivity contribution in [2.45, 2.75) is 0 Å². The van der Waals surface area contributed by atoms with Crippen LogP contribution < -0.4 is 5.43 Å². The van der Waals surface area contributed by atoms with Crippen LogP contribution in [0.2, 0.25) is 5.02 Å². The smallest absolute Gasteiger partial charge is 0.244 e. The molecule has 4 nitrogen and oxygen atoms in total. The Balaban J connectivity index is 1.69. The summed E-state index contributed by atoms with van der Waals surface area (Å²) < 4.78 is 1.02. The highest BCUT2D eigenvalue weighted by atomic mass is 79.9. The predicted octanol–water partition coefficient (Wildman–Crippen LogP) is 6.67. The molecule has 1 heterocycles. The van der Waals surface area contributed by atoms with Crippen molar-refractivity contribution >= 4 is 39.7 Å². The maximum absolute atomic E-state index is 6.18. The molecule has 142 valence electrons. The third-order valence-electron chi connectivity index (χ3n) is 4.21. The van der Waals surface area contributed by atoms with Gasteiger partial charge in [-0.2, -0.15) is 5.10 Å². The second-order valence-corrected chi connectivity index (χ2v) is 7.55. The van der Waals surface area contributed by atoms with Crippen molar-refractivity contribution in [3.8, 4) is 22.5 Å². The van der Waals surface area contributed by atoms with Gasteiger partial charge in [0, 0.05) is 26.2 Å².